The lowest BCUT2D eigenvalue weighted by molar-refractivity contribution is -0.141. The van der Waals surface area contributed by atoms with Crippen molar-refractivity contribution in [2.24, 2.45) is 5.92 Å². The second-order valence-electron chi connectivity index (χ2n) is 6.04. The van der Waals surface area contributed by atoms with Crippen molar-refractivity contribution in [2.45, 2.75) is 26.2 Å². The summed E-state index contributed by atoms with van der Waals surface area (Å²) in [5.41, 5.74) is 2.73. The summed E-state index contributed by atoms with van der Waals surface area (Å²) in [6, 6.07) is 14.9. The lowest BCUT2D eigenvalue weighted by Gasteiger charge is -2.09. The summed E-state index contributed by atoms with van der Waals surface area (Å²) in [6.45, 7) is 1.68. The number of nitrogens with one attached hydrogen (secondary N) is 1. The van der Waals surface area contributed by atoms with E-state index in [1.54, 1.807) is 26.2 Å². The van der Waals surface area contributed by atoms with Gasteiger partial charge in [-0.3, -0.25) is 9.59 Å². The highest BCUT2D eigenvalue weighted by atomic mass is 16.5. The van der Waals surface area contributed by atoms with Crippen LogP contribution >= 0.6 is 0 Å². The standard InChI is InChI=1S/C20H23NO4/c1-14(20(23)24)13-16-3-8-17(9-4-16)21-19(22)12-7-15-5-10-18(25-2)11-6-15/h3-6,8-11,14H,7,12-13H2,1-2H3,(H,21,22)(H,23,24). The van der Waals surface area contributed by atoms with Crippen molar-refractivity contribution in [3.05, 3.63) is 59.7 Å². The van der Waals surface area contributed by atoms with Crippen LogP contribution in [0.2, 0.25) is 0 Å². The fourth-order valence-electron chi connectivity index (χ4n) is 2.44. The topological polar surface area (TPSA) is 75.6 Å². The van der Waals surface area contributed by atoms with E-state index in [4.69, 9.17) is 9.84 Å². The Morgan fingerprint density at radius 2 is 1.64 bits per heavy atom. The van der Waals surface area contributed by atoms with Crippen LogP contribution in [0.4, 0.5) is 5.69 Å². The average Bonchev–Trinajstić information content (AvgIpc) is 2.62. The van der Waals surface area contributed by atoms with Gasteiger partial charge in [-0.15, -0.1) is 0 Å². The van der Waals surface area contributed by atoms with Gasteiger partial charge in [0.1, 0.15) is 5.75 Å². The second-order valence-corrected chi connectivity index (χ2v) is 6.04. The summed E-state index contributed by atoms with van der Waals surface area (Å²) in [5, 5.41) is 11.8. The quantitative estimate of drug-likeness (QED) is 0.770. The molecule has 0 aliphatic carbocycles. The molecule has 0 aliphatic rings. The molecule has 0 radical (unpaired) electrons. The first kappa shape index (κ1) is 18.5. The Morgan fingerprint density at radius 3 is 2.20 bits per heavy atom. The zero-order valence-corrected chi connectivity index (χ0v) is 14.5. The molecule has 25 heavy (non-hydrogen) atoms. The molecule has 2 rings (SSSR count). The van der Waals surface area contributed by atoms with Gasteiger partial charge in [-0.1, -0.05) is 31.2 Å². The maximum atomic E-state index is 12.0. The third-order valence-corrected chi connectivity index (χ3v) is 4.00. The zero-order chi connectivity index (χ0) is 18.2. The third-order valence-electron chi connectivity index (χ3n) is 4.00. The van der Waals surface area contributed by atoms with E-state index >= 15 is 0 Å². The number of aryl methyl sites for hydroxylation is 1. The highest BCUT2D eigenvalue weighted by molar-refractivity contribution is 5.90. The lowest BCUT2D eigenvalue weighted by Crippen LogP contribution is -2.13. The van der Waals surface area contributed by atoms with Crippen molar-refractivity contribution in [1.29, 1.82) is 0 Å². The number of benzene rings is 2. The van der Waals surface area contributed by atoms with Gasteiger partial charge in [0.25, 0.3) is 0 Å². The fraction of sp³-hybridized carbons (Fsp3) is 0.300. The number of amides is 1. The van der Waals surface area contributed by atoms with Crippen LogP contribution in [0.5, 0.6) is 5.75 Å². The molecular formula is C20H23NO4. The number of anilines is 1. The molecule has 2 aromatic carbocycles. The Kier molecular flexibility index (Phi) is 6.57. The Balaban J connectivity index is 1.82. The molecule has 2 aromatic rings. The molecule has 5 nitrogen and oxygen atoms in total. The van der Waals surface area contributed by atoms with Crippen LogP contribution < -0.4 is 10.1 Å². The minimum absolute atomic E-state index is 0.0533. The minimum atomic E-state index is -0.809. The zero-order valence-electron chi connectivity index (χ0n) is 14.5. The first-order chi connectivity index (χ1) is 12.0. The molecule has 5 heteroatoms. The lowest BCUT2D eigenvalue weighted by atomic mass is 10.0. The van der Waals surface area contributed by atoms with Crippen molar-refractivity contribution in [1.82, 2.24) is 0 Å². The Morgan fingerprint density at radius 1 is 1.04 bits per heavy atom. The maximum absolute atomic E-state index is 12.0. The number of hydrogen-bond acceptors (Lipinski definition) is 3. The maximum Gasteiger partial charge on any atom is 0.306 e. The van der Waals surface area contributed by atoms with E-state index in [1.807, 2.05) is 36.4 Å². The molecule has 0 spiro atoms. The number of aliphatic carboxylic acids is 1. The Labute approximate surface area is 147 Å². The van der Waals surface area contributed by atoms with Crippen LogP contribution in [0.25, 0.3) is 0 Å². The van der Waals surface area contributed by atoms with Gasteiger partial charge in [-0.05, 0) is 48.2 Å². The number of carbonyl (C=O) groups excluding carboxylic acids is 1. The van der Waals surface area contributed by atoms with Gasteiger partial charge in [0.15, 0.2) is 0 Å². The molecule has 0 fully saturated rings. The van der Waals surface area contributed by atoms with E-state index in [0.29, 0.717) is 24.9 Å². The van der Waals surface area contributed by atoms with Crippen molar-refractivity contribution < 1.29 is 19.4 Å². The fourth-order valence-corrected chi connectivity index (χ4v) is 2.44. The largest absolute Gasteiger partial charge is 0.497 e. The number of ether oxygens (including phenoxy) is 1. The smallest absolute Gasteiger partial charge is 0.306 e. The van der Waals surface area contributed by atoms with Gasteiger partial charge in [0, 0.05) is 12.1 Å². The van der Waals surface area contributed by atoms with Crippen molar-refractivity contribution in [2.75, 3.05) is 12.4 Å². The van der Waals surface area contributed by atoms with Crippen molar-refractivity contribution >= 4 is 17.6 Å². The highest BCUT2D eigenvalue weighted by Gasteiger charge is 2.11. The molecule has 132 valence electrons. The van der Waals surface area contributed by atoms with Crippen LogP contribution in [-0.4, -0.2) is 24.1 Å². The molecule has 2 N–H and O–H groups in total. The molecule has 0 saturated carbocycles. The number of methoxy groups -OCH3 is 1. The highest BCUT2D eigenvalue weighted by Crippen LogP contribution is 2.15. The number of carboxylic acid groups (broad SMARTS) is 1. The summed E-state index contributed by atoms with van der Waals surface area (Å²) in [5.74, 6) is -0.492. The van der Waals surface area contributed by atoms with Gasteiger partial charge >= 0.3 is 5.97 Å². The molecule has 0 aromatic heterocycles. The third kappa shape index (κ3) is 5.95. The summed E-state index contributed by atoms with van der Waals surface area (Å²) < 4.78 is 5.11. The first-order valence-corrected chi connectivity index (χ1v) is 8.22. The predicted octanol–water partition coefficient (Wildman–Crippen LogP) is 3.53. The molecule has 1 unspecified atom stereocenters. The Bertz CT molecular complexity index is 707. The molecule has 0 aliphatic heterocycles. The van der Waals surface area contributed by atoms with Gasteiger partial charge in [0.2, 0.25) is 5.91 Å². The van der Waals surface area contributed by atoms with Gasteiger partial charge in [-0.2, -0.15) is 0 Å². The van der Waals surface area contributed by atoms with E-state index in [9.17, 15) is 9.59 Å². The van der Waals surface area contributed by atoms with Crippen molar-refractivity contribution in [3.8, 4) is 5.75 Å². The monoisotopic (exact) mass is 341 g/mol. The van der Waals surface area contributed by atoms with E-state index in [-0.39, 0.29) is 5.91 Å². The molecule has 0 heterocycles. The minimum Gasteiger partial charge on any atom is -0.497 e. The van der Waals surface area contributed by atoms with Crippen LogP contribution in [0, 0.1) is 5.92 Å². The molecule has 0 saturated heterocycles. The van der Waals surface area contributed by atoms with E-state index < -0.39 is 11.9 Å². The predicted molar refractivity (Wildman–Crippen MR) is 96.9 cm³/mol. The number of carbonyl (C=O) groups is 2. The van der Waals surface area contributed by atoms with Crippen molar-refractivity contribution in [3.63, 3.8) is 0 Å². The van der Waals surface area contributed by atoms with Crippen LogP contribution in [-0.2, 0) is 22.4 Å². The van der Waals surface area contributed by atoms with Crippen LogP contribution in [0.15, 0.2) is 48.5 Å². The van der Waals surface area contributed by atoms with Crippen LogP contribution in [0.3, 0.4) is 0 Å². The summed E-state index contributed by atoms with van der Waals surface area (Å²) >= 11 is 0. The number of hydrogen-bond donors (Lipinski definition) is 2. The summed E-state index contributed by atoms with van der Waals surface area (Å²) in [4.78, 5) is 22.9. The average molecular weight is 341 g/mol. The van der Waals surface area contributed by atoms with Gasteiger partial charge in [-0.25, -0.2) is 0 Å². The first-order valence-electron chi connectivity index (χ1n) is 8.22. The molecule has 1 amide bonds. The Hall–Kier alpha value is -2.82. The van der Waals surface area contributed by atoms with E-state index in [0.717, 1.165) is 16.9 Å². The number of carboxylic acids is 1. The summed E-state index contributed by atoms with van der Waals surface area (Å²) in [6.07, 6.45) is 1.52. The van der Waals surface area contributed by atoms with Gasteiger partial charge < -0.3 is 15.2 Å². The molecular weight excluding hydrogens is 318 g/mol. The second kappa shape index (κ2) is 8.87. The SMILES string of the molecule is COc1ccc(CCC(=O)Nc2ccc(CC(C)C(=O)O)cc2)cc1. The van der Waals surface area contributed by atoms with E-state index in [2.05, 4.69) is 5.32 Å². The molecule has 0 bridgehead atoms. The van der Waals surface area contributed by atoms with Crippen LogP contribution in [0.1, 0.15) is 24.5 Å². The van der Waals surface area contributed by atoms with Gasteiger partial charge in [0.05, 0.1) is 13.0 Å². The van der Waals surface area contributed by atoms with E-state index in [1.165, 1.54) is 0 Å². The summed E-state index contributed by atoms with van der Waals surface area (Å²) in [7, 11) is 1.62. The number of rotatable bonds is 8. The normalized spacial score (nSPS) is 11.6. The molecule has 1 atom stereocenters.